The first-order chi connectivity index (χ1) is 19.6. The van der Waals surface area contributed by atoms with Crippen LogP contribution < -0.4 is 0 Å². The molecule has 6 aromatic rings. The largest absolute Gasteiger partial charge is 0.376 e. The third kappa shape index (κ3) is 2.97. The standard InChI is InChI=1S/C36H24N2O2/c39-35(29-9-3-1-7-27(29)33-31(35)11-5-21-37-33)25-17-13-23(14-18-25)24-15-19-26(20-16-24)36(40)30-10-4-2-8-28(30)34-32(36)12-6-22-38-34/h1-22,39-40H. The van der Waals surface area contributed by atoms with Crippen LogP contribution in [0, 0.1) is 0 Å². The Balaban J connectivity index is 1.17. The summed E-state index contributed by atoms with van der Waals surface area (Å²) in [5.74, 6) is 0. The number of rotatable bonds is 3. The Kier molecular flexibility index (Phi) is 4.78. The second-order valence-corrected chi connectivity index (χ2v) is 10.5. The first-order valence-corrected chi connectivity index (χ1v) is 13.4. The van der Waals surface area contributed by atoms with Crippen molar-refractivity contribution in [2.45, 2.75) is 11.2 Å². The first kappa shape index (κ1) is 23.0. The quantitative estimate of drug-likeness (QED) is 0.276. The lowest BCUT2D eigenvalue weighted by molar-refractivity contribution is 0.130. The Morgan fingerprint density at radius 1 is 0.400 bits per heavy atom. The SMILES string of the molecule is OC1(c2ccc(-c3ccc(C4(O)c5ccccc5-c5ncccc54)cc3)cc2)c2ccccc2-c2ncccc21. The minimum absolute atomic E-state index is 0.799. The van der Waals surface area contributed by atoms with E-state index in [-0.39, 0.29) is 0 Å². The summed E-state index contributed by atoms with van der Waals surface area (Å²) in [6.45, 7) is 0. The molecule has 0 spiro atoms. The highest BCUT2D eigenvalue weighted by molar-refractivity contribution is 5.81. The number of hydrogen-bond donors (Lipinski definition) is 2. The van der Waals surface area contributed by atoms with Crippen molar-refractivity contribution < 1.29 is 10.2 Å². The summed E-state index contributed by atoms with van der Waals surface area (Å²) in [6, 6.07) is 39.6. The Labute approximate surface area is 231 Å². The van der Waals surface area contributed by atoms with Crippen LogP contribution in [-0.2, 0) is 11.2 Å². The van der Waals surface area contributed by atoms with E-state index in [9.17, 15) is 10.2 Å². The molecule has 0 saturated heterocycles. The summed E-state index contributed by atoms with van der Waals surface area (Å²) in [5.41, 5.74) is 7.99. The van der Waals surface area contributed by atoms with Crippen LogP contribution in [0.25, 0.3) is 33.6 Å². The molecule has 2 heterocycles. The molecule has 4 heteroatoms. The molecule has 2 N–H and O–H groups in total. The van der Waals surface area contributed by atoms with Gasteiger partial charge in [-0.3, -0.25) is 9.97 Å². The number of benzene rings is 4. The maximum absolute atomic E-state index is 12.1. The van der Waals surface area contributed by atoms with Crippen molar-refractivity contribution in [1.29, 1.82) is 0 Å². The highest BCUT2D eigenvalue weighted by Crippen LogP contribution is 2.51. The third-order valence-electron chi connectivity index (χ3n) is 8.48. The Morgan fingerprint density at radius 2 is 0.775 bits per heavy atom. The zero-order chi connectivity index (χ0) is 26.9. The molecule has 0 fully saturated rings. The molecule has 2 atom stereocenters. The van der Waals surface area contributed by atoms with Crippen LogP contribution in [0.3, 0.4) is 0 Å². The first-order valence-electron chi connectivity index (χ1n) is 13.4. The van der Waals surface area contributed by atoms with Crippen LogP contribution in [0.1, 0.15) is 33.4 Å². The van der Waals surface area contributed by atoms with Gasteiger partial charge in [0.2, 0.25) is 0 Å². The molecule has 2 aliphatic rings. The summed E-state index contributed by atoms with van der Waals surface area (Å²) >= 11 is 0. The minimum atomic E-state index is -1.26. The fraction of sp³-hybridized carbons (Fsp3) is 0.0556. The van der Waals surface area contributed by atoms with Crippen LogP contribution in [0.4, 0.5) is 0 Å². The molecule has 0 amide bonds. The van der Waals surface area contributed by atoms with E-state index in [2.05, 4.69) is 9.97 Å². The molecule has 0 saturated carbocycles. The van der Waals surface area contributed by atoms with E-state index >= 15 is 0 Å². The lowest BCUT2D eigenvalue weighted by Crippen LogP contribution is -2.26. The van der Waals surface area contributed by atoms with E-state index < -0.39 is 11.2 Å². The van der Waals surface area contributed by atoms with Gasteiger partial charge in [0.05, 0.1) is 11.4 Å². The van der Waals surface area contributed by atoms with Crippen molar-refractivity contribution in [1.82, 2.24) is 9.97 Å². The van der Waals surface area contributed by atoms with Gasteiger partial charge in [0.15, 0.2) is 0 Å². The highest BCUT2D eigenvalue weighted by Gasteiger charge is 2.45. The van der Waals surface area contributed by atoms with Crippen molar-refractivity contribution in [3.05, 3.63) is 167 Å². The van der Waals surface area contributed by atoms with Gasteiger partial charge < -0.3 is 10.2 Å². The lowest BCUT2D eigenvalue weighted by atomic mass is 9.83. The summed E-state index contributed by atoms with van der Waals surface area (Å²) in [6.07, 6.45) is 3.54. The highest BCUT2D eigenvalue weighted by atomic mass is 16.3. The van der Waals surface area contributed by atoms with Crippen LogP contribution in [-0.4, -0.2) is 20.2 Å². The number of hydrogen-bond acceptors (Lipinski definition) is 4. The zero-order valence-corrected chi connectivity index (χ0v) is 21.5. The van der Waals surface area contributed by atoms with Crippen molar-refractivity contribution >= 4 is 0 Å². The van der Waals surface area contributed by atoms with E-state index in [1.807, 2.05) is 121 Å². The van der Waals surface area contributed by atoms with Crippen LogP contribution >= 0.6 is 0 Å². The summed E-state index contributed by atoms with van der Waals surface area (Å²) < 4.78 is 0. The Morgan fingerprint density at radius 3 is 1.20 bits per heavy atom. The number of nitrogens with zero attached hydrogens (tertiary/aromatic N) is 2. The average Bonchev–Trinajstić information content (AvgIpc) is 3.45. The van der Waals surface area contributed by atoms with E-state index in [4.69, 9.17) is 0 Å². The Bertz CT molecular complexity index is 1690. The van der Waals surface area contributed by atoms with Gasteiger partial charge >= 0.3 is 0 Å². The van der Waals surface area contributed by atoms with Gasteiger partial charge in [0, 0.05) is 45.8 Å². The van der Waals surface area contributed by atoms with Crippen molar-refractivity contribution in [3.8, 4) is 33.6 Å². The van der Waals surface area contributed by atoms with E-state index in [0.29, 0.717) is 0 Å². The maximum Gasteiger partial charge on any atom is 0.143 e. The number of pyridine rings is 2. The molecule has 2 unspecified atom stereocenters. The van der Waals surface area contributed by atoms with Gasteiger partial charge in [-0.1, -0.05) is 109 Å². The molecular weight excluding hydrogens is 492 g/mol. The van der Waals surface area contributed by atoms with Crippen molar-refractivity contribution in [2.24, 2.45) is 0 Å². The summed E-state index contributed by atoms with van der Waals surface area (Å²) in [7, 11) is 0. The number of aromatic nitrogens is 2. The molecule has 0 radical (unpaired) electrons. The van der Waals surface area contributed by atoms with Crippen molar-refractivity contribution in [3.63, 3.8) is 0 Å². The van der Waals surface area contributed by atoms with Gasteiger partial charge in [-0.25, -0.2) is 0 Å². The molecule has 190 valence electrons. The molecule has 2 aromatic heterocycles. The van der Waals surface area contributed by atoms with E-state index in [1.165, 1.54) is 0 Å². The van der Waals surface area contributed by atoms with Gasteiger partial charge in [-0.2, -0.15) is 0 Å². The second kappa shape index (κ2) is 8.30. The molecule has 0 bridgehead atoms. The molecule has 0 aliphatic heterocycles. The summed E-state index contributed by atoms with van der Waals surface area (Å²) in [5, 5.41) is 24.2. The van der Waals surface area contributed by atoms with Crippen LogP contribution in [0.5, 0.6) is 0 Å². The molecular formula is C36H24N2O2. The van der Waals surface area contributed by atoms with Gasteiger partial charge in [0.1, 0.15) is 11.2 Å². The fourth-order valence-corrected chi connectivity index (χ4v) is 6.55. The predicted octanol–water partition coefficient (Wildman–Crippen LogP) is 6.67. The normalized spacial score (nSPS) is 19.9. The summed E-state index contributed by atoms with van der Waals surface area (Å²) in [4.78, 5) is 9.15. The van der Waals surface area contributed by atoms with Gasteiger partial charge in [0.25, 0.3) is 0 Å². The topological polar surface area (TPSA) is 66.2 Å². The average molecular weight is 517 g/mol. The smallest absolute Gasteiger partial charge is 0.143 e. The predicted molar refractivity (Wildman–Crippen MR) is 155 cm³/mol. The molecule has 40 heavy (non-hydrogen) atoms. The molecule has 4 aromatic carbocycles. The van der Waals surface area contributed by atoms with Crippen LogP contribution in [0.2, 0.25) is 0 Å². The van der Waals surface area contributed by atoms with Gasteiger partial charge in [-0.15, -0.1) is 0 Å². The molecule has 2 aliphatic carbocycles. The number of aliphatic hydroxyl groups is 2. The van der Waals surface area contributed by atoms with Crippen molar-refractivity contribution in [2.75, 3.05) is 0 Å². The third-order valence-corrected chi connectivity index (χ3v) is 8.48. The van der Waals surface area contributed by atoms with Gasteiger partial charge in [-0.05, 0) is 34.4 Å². The maximum atomic E-state index is 12.1. The zero-order valence-electron chi connectivity index (χ0n) is 21.5. The van der Waals surface area contributed by atoms with E-state index in [1.54, 1.807) is 12.4 Å². The van der Waals surface area contributed by atoms with E-state index in [0.717, 1.165) is 67.0 Å². The second-order valence-electron chi connectivity index (χ2n) is 10.5. The molecule has 4 nitrogen and oxygen atoms in total. The fourth-order valence-electron chi connectivity index (χ4n) is 6.55. The van der Waals surface area contributed by atoms with Crippen LogP contribution in [0.15, 0.2) is 134 Å². The lowest BCUT2D eigenvalue weighted by Gasteiger charge is -2.27. The number of fused-ring (bicyclic) bond motifs is 6. The Hall–Kier alpha value is -4.90. The monoisotopic (exact) mass is 516 g/mol. The minimum Gasteiger partial charge on any atom is -0.376 e. The molecule has 8 rings (SSSR count).